The first-order valence-electron chi connectivity index (χ1n) is 14.7. The molecule has 0 saturated carbocycles. The first-order valence-corrected chi connectivity index (χ1v) is 14.7. The third kappa shape index (κ3) is 11.0. The summed E-state index contributed by atoms with van der Waals surface area (Å²) in [7, 11) is 1.25. The Morgan fingerprint density at radius 2 is 1.50 bits per heavy atom. The number of aromatic nitrogens is 1. The van der Waals surface area contributed by atoms with Crippen LogP contribution in [0, 0.1) is 11.6 Å². The van der Waals surface area contributed by atoms with E-state index in [1.807, 2.05) is 18.2 Å². The molecule has 46 heavy (non-hydrogen) atoms. The Balaban J connectivity index is 1.93. The largest absolute Gasteiger partial charge is 0.469 e. The fourth-order valence-electron chi connectivity index (χ4n) is 4.08. The number of benzene rings is 2. The van der Waals surface area contributed by atoms with Crippen LogP contribution in [0.1, 0.15) is 66.0 Å². The van der Waals surface area contributed by atoms with Crippen molar-refractivity contribution in [1.29, 1.82) is 0 Å². The number of ether oxygens (including phenoxy) is 5. The van der Waals surface area contributed by atoms with Gasteiger partial charge in [-0.15, -0.1) is 0 Å². The zero-order valence-electron chi connectivity index (χ0n) is 27.3. The van der Waals surface area contributed by atoms with E-state index in [0.717, 1.165) is 5.56 Å². The molecule has 3 aromatic rings. The summed E-state index contributed by atoms with van der Waals surface area (Å²) >= 11 is 0. The molecule has 0 saturated heterocycles. The van der Waals surface area contributed by atoms with E-state index in [1.165, 1.54) is 13.2 Å². The molecule has 0 aliphatic heterocycles. The molecule has 0 aliphatic rings. The predicted molar refractivity (Wildman–Crippen MR) is 165 cm³/mol. The van der Waals surface area contributed by atoms with Gasteiger partial charge < -0.3 is 29.0 Å². The number of methoxy groups -OCH3 is 1. The Kier molecular flexibility index (Phi) is 11.7. The average Bonchev–Trinajstić information content (AvgIpc) is 2.95. The zero-order valence-corrected chi connectivity index (χ0v) is 27.3. The summed E-state index contributed by atoms with van der Waals surface area (Å²) in [6.45, 7) is 12.2. The van der Waals surface area contributed by atoms with Crippen LogP contribution in [-0.4, -0.2) is 47.4 Å². The van der Waals surface area contributed by atoms with Gasteiger partial charge in [-0.1, -0.05) is 31.2 Å². The lowest BCUT2D eigenvalue weighted by Crippen LogP contribution is -2.35. The maximum Gasteiger partial charge on any atom is 0.407 e. The molecule has 2 aromatic carbocycles. The van der Waals surface area contributed by atoms with Gasteiger partial charge in [-0.25, -0.2) is 18.4 Å². The maximum atomic E-state index is 14.9. The van der Waals surface area contributed by atoms with E-state index in [-0.39, 0.29) is 25.1 Å². The van der Waals surface area contributed by atoms with Crippen molar-refractivity contribution in [3.05, 3.63) is 71.3 Å². The van der Waals surface area contributed by atoms with Crippen LogP contribution in [0.4, 0.5) is 13.6 Å². The third-order valence-corrected chi connectivity index (χ3v) is 6.01. The fraction of sp³-hybridized carbons (Fsp3) is 0.412. The predicted octanol–water partition coefficient (Wildman–Crippen LogP) is 7.06. The molecule has 0 spiro atoms. The van der Waals surface area contributed by atoms with Gasteiger partial charge >= 0.3 is 18.0 Å². The van der Waals surface area contributed by atoms with Gasteiger partial charge in [0.25, 0.3) is 11.8 Å². The van der Waals surface area contributed by atoms with Gasteiger partial charge in [0, 0.05) is 12.6 Å². The topological polar surface area (TPSA) is 122 Å². The minimum Gasteiger partial charge on any atom is -0.469 e. The van der Waals surface area contributed by atoms with Gasteiger partial charge in [-0.3, -0.25) is 4.79 Å². The van der Waals surface area contributed by atoms with Crippen LogP contribution in [0.5, 0.6) is 17.5 Å². The molecule has 1 aromatic heterocycles. The van der Waals surface area contributed by atoms with Gasteiger partial charge in [0.2, 0.25) is 0 Å². The Bertz CT molecular complexity index is 1560. The molecular weight excluding hydrogens is 602 g/mol. The third-order valence-electron chi connectivity index (χ3n) is 6.01. The van der Waals surface area contributed by atoms with Crippen molar-refractivity contribution >= 4 is 18.0 Å². The summed E-state index contributed by atoms with van der Waals surface area (Å²) < 4.78 is 56.3. The van der Waals surface area contributed by atoms with Crippen molar-refractivity contribution in [2.75, 3.05) is 7.11 Å². The minimum absolute atomic E-state index is 0.0804. The molecule has 1 amide bonds. The van der Waals surface area contributed by atoms with Crippen molar-refractivity contribution in [3.8, 4) is 28.6 Å². The monoisotopic (exact) mass is 642 g/mol. The summed E-state index contributed by atoms with van der Waals surface area (Å²) in [5.74, 6) is -4.69. The molecule has 0 fully saturated rings. The fourth-order valence-corrected chi connectivity index (χ4v) is 4.08. The molecule has 0 aliphatic carbocycles. The quantitative estimate of drug-likeness (QED) is 0.173. The second kappa shape index (κ2) is 15.0. The minimum atomic E-state index is -1.20. The number of hydrogen-bond donors (Lipinski definition) is 1. The summed E-state index contributed by atoms with van der Waals surface area (Å²) in [5.41, 5.74) is 1.06. The molecule has 10 nitrogen and oxygen atoms in total. The summed E-state index contributed by atoms with van der Waals surface area (Å²) in [4.78, 5) is 40.7. The number of nitrogens with one attached hydrogen (secondary N) is 1. The van der Waals surface area contributed by atoms with Crippen molar-refractivity contribution in [2.24, 2.45) is 0 Å². The average molecular weight is 643 g/mol. The molecule has 3 rings (SSSR count). The van der Waals surface area contributed by atoms with Crippen molar-refractivity contribution < 1.29 is 46.8 Å². The lowest BCUT2D eigenvalue weighted by Gasteiger charge is -2.23. The van der Waals surface area contributed by atoms with E-state index >= 15 is 0 Å². The molecule has 1 atom stereocenters. The van der Waals surface area contributed by atoms with E-state index < -0.39 is 58.7 Å². The smallest absolute Gasteiger partial charge is 0.407 e. The summed E-state index contributed by atoms with van der Waals surface area (Å²) in [5, 5.41) is 2.71. The van der Waals surface area contributed by atoms with Crippen LogP contribution in [0.25, 0.3) is 11.1 Å². The molecule has 12 heteroatoms. The van der Waals surface area contributed by atoms with Crippen molar-refractivity contribution in [2.45, 2.75) is 85.2 Å². The van der Waals surface area contributed by atoms with Gasteiger partial charge in [-0.05, 0) is 88.4 Å². The number of esters is 2. The van der Waals surface area contributed by atoms with E-state index in [2.05, 4.69) is 10.3 Å². The van der Waals surface area contributed by atoms with Crippen LogP contribution >= 0.6 is 0 Å². The summed E-state index contributed by atoms with van der Waals surface area (Å²) in [6, 6.07) is 12.6. The van der Waals surface area contributed by atoms with Crippen LogP contribution in [-0.2, 0) is 36.8 Å². The Morgan fingerprint density at radius 3 is 2.13 bits per heavy atom. The second-order valence-electron chi connectivity index (χ2n) is 12.4. The Labute approximate surface area is 267 Å². The van der Waals surface area contributed by atoms with Crippen LogP contribution in [0.15, 0.2) is 48.5 Å². The SMILES string of the molecule is CCC(Oc1nc(Oc2cc(CC(=O)OC)cc(-c3cccc(CNC(=O)OC(C)(C)C)c3)c2)c(F)cc1F)C(=O)OC(C)(C)C. The van der Waals surface area contributed by atoms with Gasteiger partial charge in [0.05, 0.1) is 13.5 Å². The first-order chi connectivity index (χ1) is 21.5. The molecule has 1 heterocycles. The van der Waals surface area contributed by atoms with E-state index in [9.17, 15) is 23.2 Å². The highest BCUT2D eigenvalue weighted by atomic mass is 19.1. The Hall–Kier alpha value is -4.74. The normalized spacial score (nSPS) is 12.1. The number of alkyl carbamates (subject to hydrolysis) is 1. The standard InChI is InChI=1S/C34H40F2N2O8/c1-9-27(31(40)45-33(2,3)4)44-30-26(36)18-25(35)29(38-30)43-24-15-21(16-28(39)42-8)14-23(17-24)22-12-10-11-20(13-22)19-37-32(41)46-34(5,6)7/h10-15,17-18,27H,9,16,19H2,1-8H3,(H,37,41). The highest BCUT2D eigenvalue weighted by Crippen LogP contribution is 2.32. The molecular formula is C34H40F2N2O8. The lowest BCUT2D eigenvalue weighted by atomic mass is 9.99. The zero-order chi connectivity index (χ0) is 34.2. The number of pyridine rings is 1. The van der Waals surface area contributed by atoms with Crippen LogP contribution in [0.3, 0.4) is 0 Å². The molecule has 248 valence electrons. The number of nitrogens with zero attached hydrogens (tertiary/aromatic N) is 1. The van der Waals surface area contributed by atoms with E-state index in [4.69, 9.17) is 23.7 Å². The number of carbonyl (C=O) groups excluding carboxylic acids is 3. The lowest BCUT2D eigenvalue weighted by molar-refractivity contribution is -0.163. The number of rotatable bonds is 11. The first kappa shape index (κ1) is 35.7. The number of amides is 1. The maximum absolute atomic E-state index is 14.9. The number of carbonyl (C=O) groups is 3. The van der Waals surface area contributed by atoms with Crippen molar-refractivity contribution in [3.63, 3.8) is 0 Å². The van der Waals surface area contributed by atoms with Gasteiger partial charge in [-0.2, -0.15) is 4.98 Å². The van der Waals surface area contributed by atoms with Crippen LogP contribution in [0.2, 0.25) is 0 Å². The van der Waals surface area contributed by atoms with Crippen molar-refractivity contribution in [1.82, 2.24) is 10.3 Å². The van der Waals surface area contributed by atoms with Gasteiger partial charge in [0.1, 0.15) is 17.0 Å². The molecule has 1 N–H and O–H groups in total. The Morgan fingerprint density at radius 1 is 0.848 bits per heavy atom. The summed E-state index contributed by atoms with van der Waals surface area (Å²) in [6.07, 6.45) is -1.76. The molecule has 0 radical (unpaired) electrons. The molecule has 1 unspecified atom stereocenters. The van der Waals surface area contributed by atoms with Crippen LogP contribution < -0.4 is 14.8 Å². The second-order valence-corrected chi connectivity index (χ2v) is 12.4. The highest BCUT2D eigenvalue weighted by molar-refractivity contribution is 5.76. The number of halogens is 2. The molecule has 0 bridgehead atoms. The van der Waals surface area contributed by atoms with Gasteiger partial charge in [0.15, 0.2) is 17.7 Å². The van der Waals surface area contributed by atoms with E-state index in [0.29, 0.717) is 22.8 Å². The van der Waals surface area contributed by atoms with E-state index in [1.54, 1.807) is 66.7 Å². The highest BCUT2D eigenvalue weighted by Gasteiger charge is 2.28. The number of hydrogen-bond acceptors (Lipinski definition) is 9.